The van der Waals surface area contributed by atoms with Crippen molar-refractivity contribution in [2.45, 2.75) is 57.3 Å². The minimum Gasteiger partial charge on any atom is -0.457 e. The van der Waals surface area contributed by atoms with E-state index in [0.717, 1.165) is 0 Å². The standard InChI is InChI=1S/C30H38NO8PSSi/c1-8-19-35-29(33)26-24(41-28-25(27(32)31(26)28)21(2)39-42(6,7)30(3,4)5)20-36-40(34,37-22-15-11-9-12-16-22)38-23-17-13-10-14-18-23/h8-18,21,25,28H,1,19-20H2,2-7H3/t21-,25+,28-/m1/s1. The molecule has 2 aromatic rings. The van der Waals surface area contributed by atoms with Crippen molar-refractivity contribution in [2.75, 3.05) is 13.2 Å². The smallest absolute Gasteiger partial charge is 0.457 e. The summed E-state index contributed by atoms with van der Waals surface area (Å²) in [4.78, 5) is 28.4. The normalized spacial score (nSPS) is 19.6. The van der Waals surface area contributed by atoms with Gasteiger partial charge in [0, 0.05) is 4.91 Å². The first-order valence-electron chi connectivity index (χ1n) is 13.7. The lowest BCUT2D eigenvalue weighted by molar-refractivity contribution is -0.157. The number of β-lactam (4-membered cyclic amide) rings is 1. The molecule has 42 heavy (non-hydrogen) atoms. The van der Waals surface area contributed by atoms with Crippen LogP contribution in [0.3, 0.4) is 0 Å². The van der Waals surface area contributed by atoms with Crippen LogP contribution in [0.2, 0.25) is 18.1 Å². The zero-order valence-corrected chi connectivity index (χ0v) is 27.5. The molecule has 2 aliphatic heterocycles. The summed E-state index contributed by atoms with van der Waals surface area (Å²) in [5, 5.41) is -0.432. The number of phosphoric ester groups is 1. The fourth-order valence-electron chi connectivity index (χ4n) is 4.28. The van der Waals surface area contributed by atoms with Gasteiger partial charge in [-0.1, -0.05) is 81.6 Å². The topological polar surface area (TPSA) is 101 Å². The summed E-state index contributed by atoms with van der Waals surface area (Å²) in [7, 11) is -6.41. The van der Waals surface area contributed by atoms with Crippen molar-refractivity contribution in [3.63, 3.8) is 0 Å². The molecule has 2 heterocycles. The van der Waals surface area contributed by atoms with Crippen molar-refractivity contribution >= 4 is 39.8 Å². The molecular formula is C30H38NO8PSSi. The van der Waals surface area contributed by atoms with E-state index < -0.39 is 33.4 Å². The first-order chi connectivity index (χ1) is 19.8. The molecule has 2 aliphatic rings. The number of hydrogen-bond donors (Lipinski definition) is 0. The Bertz CT molecular complexity index is 1330. The third-order valence-electron chi connectivity index (χ3n) is 7.44. The molecule has 3 atom stereocenters. The van der Waals surface area contributed by atoms with Gasteiger partial charge in [0.1, 0.15) is 29.2 Å². The van der Waals surface area contributed by atoms with Gasteiger partial charge in [0.05, 0.1) is 18.6 Å². The third kappa shape index (κ3) is 7.03. The average Bonchev–Trinajstić information content (AvgIpc) is 3.25. The molecule has 2 aromatic carbocycles. The first kappa shape index (κ1) is 32.1. The lowest BCUT2D eigenvalue weighted by Gasteiger charge is -2.48. The van der Waals surface area contributed by atoms with Crippen molar-refractivity contribution in [1.82, 2.24) is 4.90 Å². The molecule has 0 radical (unpaired) electrons. The second-order valence-electron chi connectivity index (χ2n) is 11.5. The van der Waals surface area contributed by atoms with Crippen LogP contribution in [0, 0.1) is 5.92 Å². The number of phosphoric acid groups is 1. The van der Waals surface area contributed by atoms with Gasteiger partial charge in [0.25, 0.3) is 0 Å². The van der Waals surface area contributed by atoms with Crippen LogP contribution in [0.25, 0.3) is 0 Å². The fourth-order valence-corrected chi connectivity index (χ4v) is 8.50. The molecule has 0 unspecified atom stereocenters. The van der Waals surface area contributed by atoms with Crippen molar-refractivity contribution in [2.24, 2.45) is 5.92 Å². The Morgan fingerprint density at radius 3 is 2.12 bits per heavy atom. The minimum atomic E-state index is -4.25. The highest BCUT2D eigenvalue weighted by Gasteiger charge is 2.59. The van der Waals surface area contributed by atoms with Gasteiger partial charge in [0.2, 0.25) is 5.91 Å². The fraction of sp³-hybridized carbons (Fsp3) is 0.400. The van der Waals surface area contributed by atoms with Gasteiger partial charge in [-0.25, -0.2) is 9.36 Å². The Morgan fingerprint density at radius 2 is 1.62 bits per heavy atom. The third-order valence-corrected chi connectivity index (χ3v) is 14.7. The zero-order chi connectivity index (χ0) is 30.7. The predicted octanol–water partition coefficient (Wildman–Crippen LogP) is 7.15. The predicted molar refractivity (Wildman–Crippen MR) is 165 cm³/mol. The molecule has 1 fully saturated rings. The second kappa shape index (κ2) is 12.8. The summed E-state index contributed by atoms with van der Waals surface area (Å²) in [6, 6.07) is 17.0. The molecule has 0 bridgehead atoms. The van der Waals surface area contributed by atoms with E-state index in [0.29, 0.717) is 4.91 Å². The number of nitrogens with zero attached hydrogens (tertiary/aromatic N) is 1. The van der Waals surface area contributed by atoms with Crippen LogP contribution in [0.1, 0.15) is 27.7 Å². The number of hydrogen-bond acceptors (Lipinski definition) is 9. The molecule has 1 amide bonds. The van der Waals surface area contributed by atoms with Crippen molar-refractivity contribution in [1.29, 1.82) is 0 Å². The van der Waals surface area contributed by atoms with Crippen LogP contribution in [0.15, 0.2) is 83.9 Å². The maximum absolute atomic E-state index is 13.9. The summed E-state index contributed by atoms with van der Waals surface area (Å²) in [5.41, 5.74) is 0.0543. The van der Waals surface area contributed by atoms with Crippen LogP contribution in [-0.2, 0) is 27.8 Å². The number of amides is 1. The number of esters is 1. The van der Waals surface area contributed by atoms with Crippen molar-refractivity contribution in [3.05, 3.63) is 83.9 Å². The van der Waals surface area contributed by atoms with E-state index in [9.17, 15) is 14.2 Å². The number of benzene rings is 2. The van der Waals surface area contributed by atoms with Crippen LogP contribution >= 0.6 is 19.6 Å². The highest BCUT2D eigenvalue weighted by Crippen LogP contribution is 2.55. The highest BCUT2D eigenvalue weighted by molar-refractivity contribution is 8.04. The first-order valence-corrected chi connectivity index (χ1v) is 18.9. The Hall–Kier alpha value is -2.82. The number of para-hydroxylation sites is 2. The van der Waals surface area contributed by atoms with E-state index in [-0.39, 0.29) is 47.5 Å². The van der Waals surface area contributed by atoms with Crippen LogP contribution in [0.4, 0.5) is 0 Å². The van der Waals surface area contributed by atoms with Gasteiger partial charge >= 0.3 is 13.8 Å². The number of ether oxygens (including phenoxy) is 1. The van der Waals surface area contributed by atoms with Crippen LogP contribution in [-0.4, -0.2) is 49.8 Å². The number of fused-ring (bicyclic) bond motifs is 1. The van der Waals surface area contributed by atoms with Gasteiger partial charge in [0.15, 0.2) is 8.32 Å². The Labute approximate surface area is 252 Å². The van der Waals surface area contributed by atoms with Gasteiger partial charge in [-0.05, 0) is 49.3 Å². The molecule has 4 rings (SSSR count). The molecule has 0 saturated carbocycles. The molecule has 0 aromatic heterocycles. The van der Waals surface area contributed by atoms with E-state index in [4.69, 9.17) is 22.7 Å². The number of rotatable bonds is 13. The largest absolute Gasteiger partial charge is 0.587 e. The van der Waals surface area contributed by atoms with Gasteiger partial charge in [-0.15, -0.1) is 0 Å². The average molecular weight is 632 g/mol. The molecule has 0 spiro atoms. The molecular weight excluding hydrogens is 593 g/mol. The minimum absolute atomic E-state index is 0.0329. The summed E-state index contributed by atoms with van der Waals surface area (Å²) < 4.78 is 43.0. The number of carbonyl (C=O) groups is 2. The maximum atomic E-state index is 13.9. The van der Waals surface area contributed by atoms with Gasteiger partial charge in [-0.2, -0.15) is 0 Å². The SMILES string of the molecule is C=CCOC(=O)C1=C(COP(=O)(Oc2ccccc2)Oc2ccccc2)S[C@@H]2[C@@H]([C@@H](C)O[Si](C)(C)C(C)(C)C)C(=O)N12. The molecule has 1 saturated heterocycles. The van der Waals surface area contributed by atoms with E-state index in [2.05, 4.69) is 40.4 Å². The monoisotopic (exact) mass is 631 g/mol. The number of carbonyl (C=O) groups excluding carboxylic acids is 2. The lowest BCUT2D eigenvalue weighted by Crippen LogP contribution is -2.62. The number of thioether (sulfide) groups is 1. The van der Waals surface area contributed by atoms with E-state index >= 15 is 0 Å². The Balaban J connectivity index is 1.58. The highest BCUT2D eigenvalue weighted by atomic mass is 32.2. The summed E-state index contributed by atoms with van der Waals surface area (Å²) >= 11 is 1.29. The maximum Gasteiger partial charge on any atom is 0.587 e. The Morgan fingerprint density at radius 1 is 1.07 bits per heavy atom. The van der Waals surface area contributed by atoms with Crippen LogP contribution < -0.4 is 9.05 Å². The van der Waals surface area contributed by atoms with Gasteiger partial charge in [-0.3, -0.25) is 14.2 Å². The van der Waals surface area contributed by atoms with E-state index in [1.165, 1.54) is 22.7 Å². The lowest BCUT2D eigenvalue weighted by atomic mass is 9.92. The molecule has 12 heteroatoms. The molecule has 226 valence electrons. The zero-order valence-electron chi connectivity index (χ0n) is 24.8. The quantitative estimate of drug-likeness (QED) is 0.0750. The van der Waals surface area contributed by atoms with E-state index in [1.54, 1.807) is 60.7 Å². The second-order valence-corrected chi connectivity index (χ2v) is 19.0. The summed E-state index contributed by atoms with van der Waals surface area (Å²) in [6.07, 6.45) is 1.08. The molecule has 9 nitrogen and oxygen atoms in total. The van der Waals surface area contributed by atoms with Crippen molar-refractivity contribution in [3.8, 4) is 11.5 Å². The molecule has 0 N–H and O–H groups in total. The summed E-state index contributed by atoms with van der Waals surface area (Å²) in [6.45, 7) is 15.8. The molecule has 0 aliphatic carbocycles. The Kier molecular flexibility index (Phi) is 9.79. The van der Waals surface area contributed by atoms with Crippen LogP contribution in [0.5, 0.6) is 11.5 Å². The summed E-state index contributed by atoms with van der Waals surface area (Å²) in [5.74, 6) is -0.839. The van der Waals surface area contributed by atoms with E-state index in [1.807, 2.05) is 6.92 Å². The van der Waals surface area contributed by atoms with Gasteiger partial charge < -0.3 is 18.2 Å². The van der Waals surface area contributed by atoms with Crippen molar-refractivity contribution < 1.29 is 36.9 Å².